The third-order valence-electron chi connectivity index (χ3n) is 4.23. The normalized spacial score (nSPS) is 26.2. The van der Waals surface area contributed by atoms with Crippen molar-refractivity contribution in [3.05, 3.63) is 69.7 Å². The Morgan fingerprint density at radius 2 is 1.04 bits per heavy atom. The Morgan fingerprint density at radius 1 is 0.708 bits per heavy atom. The molecule has 4 atom stereocenters. The third-order valence-corrected chi connectivity index (χ3v) is 4.70. The number of nitrogens with two attached hydrogens (primary N) is 2. The van der Waals surface area contributed by atoms with E-state index in [1.165, 1.54) is 11.1 Å². The van der Waals surface area contributed by atoms with Gasteiger partial charge >= 0.3 is 0 Å². The fourth-order valence-electron chi connectivity index (χ4n) is 2.67. The Bertz CT molecular complexity index is 607. The van der Waals surface area contributed by atoms with Crippen molar-refractivity contribution in [2.24, 2.45) is 11.5 Å². The molecule has 2 nitrogen and oxygen atoms in total. The fraction of sp³-hybridized carbons (Fsp3) is 0.333. The summed E-state index contributed by atoms with van der Waals surface area (Å²) in [5, 5.41) is 1.61. The molecule has 2 fully saturated rings. The molecule has 0 radical (unpaired) electrons. The molecule has 6 heteroatoms. The van der Waals surface area contributed by atoms with E-state index in [4.69, 9.17) is 34.7 Å². The van der Waals surface area contributed by atoms with Gasteiger partial charge in [-0.15, -0.1) is 24.8 Å². The summed E-state index contributed by atoms with van der Waals surface area (Å²) in [6, 6.07) is 16.6. The summed E-state index contributed by atoms with van der Waals surface area (Å²) in [5.41, 5.74) is 14.0. The Labute approximate surface area is 165 Å². The van der Waals surface area contributed by atoms with Crippen molar-refractivity contribution in [2.75, 3.05) is 0 Å². The monoisotopic (exact) mass is 406 g/mol. The number of halogens is 4. The van der Waals surface area contributed by atoms with E-state index in [1.54, 1.807) is 0 Å². The zero-order valence-corrected chi connectivity index (χ0v) is 16.2. The second kappa shape index (κ2) is 9.28. The molecule has 2 aromatic rings. The van der Waals surface area contributed by atoms with Crippen LogP contribution in [-0.4, -0.2) is 12.1 Å². The molecule has 0 aliphatic heterocycles. The molecule has 4 unspecified atom stereocenters. The van der Waals surface area contributed by atoms with E-state index in [1.807, 2.05) is 36.4 Å². The standard InChI is InChI=1S/2C9H10ClN.2ClH/c2*10-7-3-1-2-6(4-7)8-5-9(8)11;;/h2*1-4,8-9H,5,11H2;2*1H. The molecule has 0 aromatic heterocycles. The lowest BCUT2D eigenvalue weighted by Gasteiger charge is -1.97. The maximum Gasteiger partial charge on any atom is 0.0408 e. The van der Waals surface area contributed by atoms with Gasteiger partial charge in [-0.1, -0.05) is 47.5 Å². The number of benzene rings is 2. The minimum atomic E-state index is 0. The van der Waals surface area contributed by atoms with Crippen LogP contribution in [0.2, 0.25) is 10.0 Å². The summed E-state index contributed by atoms with van der Waals surface area (Å²) in [7, 11) is 0. The van der Waals surface area contributed by atoms with Gasteiger partial charge in [0.15, 0.2) is 0 Å². The molecule has 2 aromatic carbocycles. The summed E-state index contributed by atoms with van der Waals surface area (Å²) >= 11 is 11.6. The van der Waals surface area contributed by atoms with Crippen molar-refractivity contribution in [3.63, 3.8) is 0 Å². The first-order valence-corrected chi connectivity index (χ1v) is 8.32. The van der Waals surface area contributed by atoms with E-state index in [-0.39, 0.29) is 24.8 Å². The van der Waals surface area contributed by atoms with Crippen molar-refractivity contribution < 1.29 is 0 Å². The van der Waals surface area contributed by atoms with E-state index < -0.39 is 0 Å². The molecule has 4 rings (SSSR count). The van der Waals surface area contributed by atoms with Crippen LogP contribution in [0.25, 0.3) is 0 Å². The van der Waals surface area contributed by atoms with Crippen LogP contribution in [0.4, 0.5) is 0 Å². The van der Waals surface area contributed by atoms with Crippen molar-refractivity contribution in [3.8, 4) is 0 Å². The fourth-order valence-corrected chi connectivity index (χ4v) is 3.07. The number of rotatable bonds is 2. The van der Waals surface area contributed by atoms with E-state index in [0.717, 1.165) is 22.9 Å². The summed E-state index contributed by atoms with van der Waals surface area (Å²) in [4.78, 5) is 0. The van der Waals surface area contributed by atoms with E-state index in [9.17, 15) is 0 Å². The van der Waals surface area contributed by atoms with Gasteiger partial charge in [-0.05, 0) is 48.2 Å². The van der Waals surface area contributed by atoms with Gasteiger partial charge in [0.05, 0.1) is 0 Å². The maximum atomic E-state index is 5.82. The largest absolute Gasteiger partial charge is 0.327 e. The van der Waals surface area contributed by atoms with E-state index >= 15 is 0 Å². The minimum absolute atomic E-state index is 0. The second-order valence-corrected chi connectivity index (χ2v) is 6.99. The molecule has 2 saturated carbocycles. The van der Waals surface area contributed by atoms with Crippen LogP contribution in [-0.2, 0) is 0 Å². The highest BCUT2D eigenvalue weighted by molar-refractivity contribution is 6.30. The molecular formula is C18H22Cl4N2. The first-order valence-electron chi connectivity index (χ1n) is 7.56. The molecule has 0 spiro atoms. The highest BCUT2D eigenvalue weighted by atomic mass is 35.5. The smallest absolute Gasteiger partial charge is 0.0408 e. The van der Waals surface area contributed by atoms with Gasteiger partial charge in [0.2, 0.25) is 0 Å². The average Bonchev–Trinajstić information content (AvgIpc) is 3.38. The van der Waals surface area contributed by atoms with Crippen LogP contribution < -0.4 is 11.5 Å². The van der Waals surface area contributed by atoms with Gasteiger partial charge in [-0.25, -0.2) is 0 Å². The Hall–Kier alpha value is -0.480. The van der Waals surface area contributed by atoms with Crippen LogP contribution in [0.1, 0.15) is 35.8 Å². The third kappa shape index (κ3) is 5.80. The SMILES string of the molecule is Cl.Cl.NC1CC1c1cccc(Cl)c1.NC1CC1c1cccc(Cl)c1. The van der Waals surface area contributed by atoms with Crippen LogP contribution in [0.3, 0.4) is 0 Å². The topological polar surface area (TPSA) is 52.0 Å². The molecule has 2 aliphatic carbocycles. The Morgan fingerprint density at radius 3 is 1.29 bits per heavy atom. The quantitative estimate of drug-likeness (QED) is 0.722. The molecule has 24 heavy (non-hydrogen) atoms. The zero-order valence-electron chi connectivity index (χ0n) is 13.1. The van der Waals surface area contributed by atoms with Crippen molar-refractivity contribution in [2.45, 2.75) is 36.8 Å². The van der Waals surface area contributed by atoms with Gasteiger partial charge in [-0.2, -0.15) is 0 Å². The van der Waals surface area contributed by atoms with Crippen molar-refractivity contribution >= 4 is 48.0 Å². The summed E-state index contributed by atoms with van der Waals surface area (Å²) in [5.74, 6) is 1.13. The van der Waals surface area contributed by atoms with Gasteiger partial charge in [-0.3, -0.25) is 0 Å². The molecule has 0 bridgehead atoms. The lowest BCUT2D eigenvalue weighted by Crippen LogP contribution is -2.00. The molecule has 2 aliphatic rings. The predicted octanol–water partition coefficient (Wildman–Crippen LogP) is 5.15. The van der Waals surface area contributed by atoms with Gasteiger partial charge in [0, 0.05) is 34.0 Å². The number of hydrogen-bond acceptors (Lipinski definition) is 2. The average molecular weight is 408 g/mol. The molecular weight excluding hydrogens is 386 g/mol. The predicted molar refractivity (Wildman–Crippen MR) is 108 cm³/mol. The molecule has 132 valence electrons. The highest BCUT2D eigenvalue weighted by Crippen LogP contribution is 2.40. The summed E-state index contributed by atoms with van der Waals surface area (Å²) in [6.45, 7) is 0. The lowest BCUT2D eigenvalue weighted by atomic mass is 10.1. The van der Waals surface area contributed by atoms with E-state index in [2.05, 4.69) is 12.1 Å². The Kier molecular flexibility index (Phi) is 8.34. The maximum absolute atomic E-state index is 5.82. The molecule has 0 saturated heterocycles. The molecule has 4 N–H and O–H groups in total. The zero-order chi connectivity index (χ0) is 15.7. The first kappa shape index (κ1) is 21.6. The summed E-state index contributed by atoms with van der Waals surface area (Å²) in [6.07, 6.45) is 2.22. The van der Waals surface area contributed by atoms with Crippen molar-refractivity contribution in [1.82, 2.24) is 0 Å². The lowest BCUT2D eigenvalue weighted by molar-refractivity contribution is 0.990. The van der Waals surface area contributed by atoms with Crippen LogP contribution in [0, 0.1) is 0 Å². The highest BCUT2D eigenvalue weighted by Gasteiger charge is 2.35. The van der Waals surface area contributed by atoms with Crippen LogP contribution in [0.5, 0.6) is 0 Å². The van der Waals surface area contributed by atoms with Crippen LogP contribution in [0.15, 0.2) is 48.5 Å². The van der Waals surface area contributed by atoms with Gasteiger partial charge in [0.1, 0.15) is 0 Å². The van der Waals surface area contributed by atoms with Gasteiger partial charge in [0.25, 0.3) is 0 Å². The molecule has 0 amide bonds. The minimum Gasteiger partial charge on any atom is -0.327 e. The van der Waals surface area contributed by atoms with E-state index in [0.29, 0.717) is 23.9 Å². The first-order chi connectivity index (χ1) is 10.5. The van der Waals surface area contributed by atoms with Crippen molar-refractivity contribution in [1.29, 1.82) is 0 Å². The number of hydrogen-bond donors (Lipinski definition) is 2. The second-order valence-electron chi connectivity index (χ2n) is 6.12. The van der Waals surface area contributed by atoms with Crippen LogP contribution >= 0.6 is 48.0 Å². The van der Waals surface area contributed by atoms with Gasteiger partial charge < -0.3 is 11.5 Å². The summed E-state index contributed by atoms with van der Waals surface area (Å²) < 4.78 is 0. The molecule has 0 heterocycles. The Balaban J connectivity index is 0.000000222.